The van der Waals surface area contributed by atoms with Crippen molar-refractivity contribution < 1.29 is 29.0 Å². The molecule has 2 aromatic carbocycles. The number of allylic oxidation sites excluding steroid dienone is 2. The second-order valence-corrected chi connectivity index (χ2v) is 13.9. The molecule has 56 heavy (non-hydrogen) atoms. The number of benzene rings is 2. The summed E-state index contributed by atoms with van der Waals surface area (Å²) in [5, 5.41) is 26.3. The highest BCUT2D eigenvalue weighted by molar-refractivity contribution is 6.04. The first kappa shape index (κ1) is 36.3. The van der Waals surface area contributed by atoms with E-state index >= 15 is 0 Å². The van der Waals surface area contributed by atoms with Crippen molar-refractivity contribution >= 4 is 51.7 Å². The molecule has 0 saturated heterocycles. The molecule has 4 aromatic heterocycles. The quantitative estimate of drug-likeness (QED) is 0.0836. The number of amides is 3. The largest absolute Gasteiger partial charge is 0.489 e. The fourth-order valence-electron chi connectivity index (χ4n) is 7.54. The first-order valence-electron chi connectivity index (χ1n) is 18.4. The molecule has 0 radical (unpaired) electrons. The minimum Gasteiger partial charge on any atom is -0.489 e. The summed E-state index contributed by atoms with van der Waals surface area (Å²) in [4.78, 5) is 47.4. The summed E-state index contributed by atoms with van der Waals surface area (Å²) in [5.74, 6) is 0.0196. The SMILES string of the molecule is CCn1nc(C)cc1C(=O)Nc1nc2cc(C(N)=O)cc3c2n1[C@@H](C/C=C\C[C@H]1COc2cc(C(N)=O)cc4nc(NC(O)c5cc(C)nn5CC)n1c24)CO3. The van der Waals surface area contributed by atoms with E-state index in [1.54, 1.807) is 39.7 Å². The van der Waals surface area contributed by atoms with Crippen molar-refractivity contribution in [1.82, 2.24) is 38.7 Å². The van der Waals surface area contributed by atoms with Crippen molar-refractivity contribution in [2.45, 2.75) is 71.9 Å². The molecule has 0 saturated carbocycles. The first-order chi connectivity index (χ1) is 26.9. The number of nitrogens with two attached hydrogens (primary N) is 2. The predicted octanol–water partition coefficient (Wildman–Crippen LogP) is 3.89. The van der Waals surface area contributed by atoms with Gasteiger partial charge in [-0.1, -0.05) is 12.2 Å². The monoisotopic (exact) mass is 762 g/mol. The van der Waals surface area contributed by atoms with Crippen LogP contribution in [0.4, 0.5) is 11.9 Å². The van der Waals surface area contributed by atoms with Crippen LogP contribution >= 0.6 is 0 Å². The van der Waals surface area contributed by atoms with Crippen molar-refractivity contribution in [3.05, 3.63) is 82.5 Å². The molecule has 2 aliphatic heterocycles. The summed E-state index contributed by atoms with van der Waals surface area (Å²) >= 11 is 0. The van der Waals surface area contributed by atoms with Crippen LogP contribution < -0.4 is 31.6 Å². The molecule has 2 aliphatic rings. The van der Waals surface area contributed by atoms with Gasteiger partial charge in [0.05, 0.1) is 40.2 Å². The van der Waals surface area contributed by atoms with Gasteiger partial charge in [-0.05, 0) is 76.9 Å². The van der Waals surface area contributed by atoms with Crippen LogP contribution in [0.3, 0.4) is 0 Å². The van der Waals surface area contributed by atoms with Crippen molar-refractivity contribution in [1.29, 1.82) is 0 Å². The highest BCUT2D eigenvalue weighted by Crippen LogP contribution is 2.41. The van der Waals surface area contributed by atoms with Crippen LogP contribution in [-0.2, 0) is 13.1 Å². The minimum absolute atomic E-state index is 0.240. The number of carbonyl (C=O) groups is 3. The number of aliphatic hydroxyl groups is 1. The average molecular weight is 763 g/mol. The van der Waals surface area contributed by atoms with Gasteiger partial charge in [-0.15, -0.1) is 0 Å². The highest BCUT2D eigenvalue weighted by Gasteiger charge is 2.31. The Morgan fingerprint density at radius 2 is 1.32 bits per heavy atom. The van der Waals surface area contributed by atoms with Crippen LogP contribution in [0.1, 0.15) is 93.3 Å². The zero-order chi connectivity index (χ0) is 39.4. The number of carbonyl (C=O) groups excluding carboxylic acids is 3. The predicted molar refractivity (Wildman–Crippen MR) is 206 cm³/mol. The van der Waals surface area contributed by atoms with Gasteiger partial charge in [0.15, 0.2) is 6.23 Å². The van der Waals surface area contributed by atoms with Crippen molar-refractivity contribution in [2.75, 3.05) is 23.8 Å². The summed E-state index contributed by atoms with van der Waals surface area (Å²) < 4.78 is 19.6. The van der Waals surface area contributed by atoms with E-state index < -0.39 is 18.0 Å². The summed E-state index contributed by atoms with van der Waals surface area (Å²) in [6.07, 6.45) is 3.98. The number of hydrogen-bond donors (Lipinski definition) is 5. The van der Waals surface area contributed by atoms with Gasteiger partial charge < -0.3 is 35.9 Å². The van der Waals surface area contributed by atoms with E-state index in [1.165, 1.54) is 0 Å². The molecule has 7 N–H and O–H groups in total. The number of aliphatic hydroxyl groups excluding tert-OH is 1. The maximum Gasteiger partial charge on any atom is 0.276 e. The molecule has 290 valence electrons. The lowest BCUT2D eigenvalue weighted by molar-refractivity contribution is 0.0991. The maximum absolute atomic E-state index is 13.6. The number of anilines is 2. The smallest absolute Gasteiger partial charge is 0.276 e. The molecule has 3 atom stereocenters. The van der Waals surface area contributed by atoms with Crippen molar-refractivity contribution in [3.63, 3.8) is 0 Å². The number of aryl methyl sites for hydroxylation is 4. The van der Waals surface area contributed by atoms with Gasteiger partial charge in [0.1, 0.15) is 41.4 Å². The molecule has 8 rings (SSSR count). The second-order valence-electron chi connectivity index (χ2n) is 13.9. The Kier molecular flexibility index (Phi) is 9.19. The van der Waals surface area contributed by atoms with E-state index in [1.807, 2.05) is 55.0 Å². The lowest BCUT2D eigenvalue weighted by Crippen LogP contribution is -2.26. The molecule has 1 unspecified atom stereocenters. The van der Waals surface area contributed by atoms with E-state index in [-0.39, 0.29) is 42.3 Å². The second kappa shape index (κ2) is 14.2. The van der Waals surface area contributed by atoms with Crippen molar-refractivity contribution in [2.24, 2.45) is 11.5 Å². The number of ether oxygens (including phenoxy) is 2. The van der Waals surface area contributed by atoms with Crippen LogP contribution in [0.5, 0.6) is 11.5 Å². The van der Waals surface area contributed by atoms with E-state index in [4.69, 9.17) is 30.9 Å². The number of primary amides is 2. The van der Waals surface area contributed by atoms with Crippen LogP contribution in [0.25, 0.3) is 22.1 Å². The lowest BCUT2D eigenvalue weighted by Gasteiger charge is -2.28. The van der Waals surface area contributed by atoms with Gasteiger partial charge in [0.25, 0.3) is 5.91 Å². The van der Waals surface area contributed by atoms with Gasteiger partial charge in [-0.25, -0.2) is 9.97 Å². The maximum atomic E-state index is 13.6. The summed E-state index contributed by atoms with van der Waals surface area (Å²) in [6.45, 7) is 9.13. The van der Waals surface area contributed by atoms with Crippen LogP contribution in [0.2, 0.25) is 0 Å². The number of rotatable bonds is 13. The summed E-state index contributed by atoms with van der Waals surface area (Å²) in [6, 6.07) is 9.43. The first-order valence-corrected chi connectivity index (χ1v) is 18.4. The molecule has 18 nitrogen and oxygen atoms in total. The fraction of sp³-hybridized carbons (Fsp3) is 0.342. The Labute approximate surface area is 320 Å². The Bertz CT molecular complexity index is 2580. The van der Waals surface area contributed by atoms with E-state index in [0.717, 1.165) is 5.69 Å². The molecule has 0 spiro atoms. The zero-order valence-corrected chi connectivity index (χ0v) is 31.3. The van der Waals surface area contributed by atoms with Gasteiger partial charge >= 0.3 is 0 Å². The molecule has 18 heteroatoms. The van der Waals surface area contributed by atoms with Crippen LogP contribution in [-0.4, -0.2) is 74.7 Å². The summed E-state index contributed by atoms with van der Waals surface area (Å²) in [5.41, 5.74) is 16.5. The number of aromatic nitrogens is 8. The van der Waals surface area contributed by atoms with Gasteiger partial charge in [0.2, 0.25) is 23.7 Å². The van der Waals surface area contributed by atoms with Crippen LogP contribution in [0.15, 0.2) is 48.6 Å². The third-order valence-corrected chi connectivity index (χ3v) is 10.1. The Morgan fingerprint density at radius 3 is 1.88 bits per heavy atom. The third-order valence-electron chi connectivity index (χ3n) is 10.1. The minimum atomic E-state index is -1.12. The standard InChI is InChI=1S/C38H42N12O6/c1-5-47-27(11-19(3)45-47)35(53)43-37-41-25-13-21(33(39)51)15-29-31(25)49(37)23(17-55-29)9-7-8-10-24-18-56-30-16-22(34(40)52)14-26-32(30)50(24)38(42-26)44-36(54)28-12-20(4)46-48(28)6-2/h7-8,11-16,23-24,35,53H,5-6,9-10,17-18H2,1-4H3,(H2,39,51)(H2,40,52)(H,41,43)(H,42,44,54)/b8-7-/t23-,24-,35?/m0/s1. The lowest BCUT2D eigenvalue weighted by atomic mass is 10.1. The molecule has 6 aromatic rings. The van der Waals surface area contributed by atoms with Crippen LogP contribution in [0, 0.1) is 13.8 Å². The number of imidazole rings is 2. The third kappa shape index (κ3) is 6.36. The Balaban J connectivity index is 1.08. The normalized spacial score (nSPS) is 16.6. The molecular formula is C38H42N12O6. The number of hydrogen-bond acceptors (Lipinski definition) is 11. The number of nitrogens with one attached hydrogen (secondary N) is 2. The zero-order valence-electron chi connectivity index (χ0n) is 31.3. The summed E-state index contributed by atoms with van der Waals surface area (Å²) in [7, 11) is 0. The molecule has 0 aliphatic carbocycles. The van der Waals surface area contributed by atoms with E-state index in [9.17, 15) is 19.5 Å². The fourth-order valence-corrected chi connectivity index (χ4v) is 7.54. The molecule has 0 fully saturated rings. The molecule has 0 bridgehead atoms. The highest BCUT2D eigenvalue weighted by atomic mass is 16.5. The van der Waals surface area contributed by atoms with Gasteiger partial charge in [0, 0.05) is 24.2 Å². The average Bonchev–Trinajstić information content (AvgIpc) is 3.95. The molecular weight excluding hydrogens is 720 g/mol. The van der Waals surface area contributed by atoms with Gasteiger partial charge in [-0.2, -0.15) is 10.2 Å². The van der Waals surface area contributed by atoms with Gasteiger partial charge in [-0.3, -0.25) is 33.6 Å². The van der Waals surface area contributed by atoms with E-state index in [2.05, 4.69) is 20.8 Å². The Hall–Kier alpha value is -6.69. The molecule has 6 heterocycles. The van der Waals surface area contributed by atoms with E-state index in [0.29, 0.717) is 88.5 Å². The number of nitrogens with zero attached hydrogens (tertiary/aromatic N) is 8. The molecule has 3 amide bonds. The topological polar surface area (TPSA) is 237 Å². The van der Waals surface area contributed by atoms with Crippen molar-refractivity contribution in [3.8, 4) is 11.5 Å². The Morgan fingerprint density at radius 1 is 0.804 bits per heavy atom.